The highest BCUT2D eigenvalue weighted by Gasteiger charge is 2.18. The first-order chi connectivity index (χ1) is 13.8. The number of aliphatic hydroxyl groups is 1. The lowest BCUT2D eigenvalue weighted by atomic mass is 10.1. The molecule has 0 aliphatic heterocycles. The molecule has 10 heteroatoms. The van der Waals surface area contributed by atoms with Gasteiger partial charge in [-0.25, -0.2) is 4.68 Å². The summed E-state index contributed by atoms with van der Waals surface area (Å²) in [6, 6.07) is 4.48. The van der Waals surface area contributed by atoms with Crippen molar-refractivity contribution in [3.63, 3.8) is 0 Å². The summed E-state index contributed by atoms with van der Waals surface area (Å²) in [5.74, 6) is -0.202. The lowest BCUT2D eigenvalue weighted by Crippen LogP contribution is -2.34. The van der Waals surface area contributed by atoms with Crippen molar-refractivity contribution in [2.75, 3.05) is 0 Å². The Morgan fingerprint density at radius 1 is 1.24 bits per heavy atom. The smallest absolute Gasteiger partial charge is 0.287 e. The van der Waals surface area contributed by atoms with E-state index in [1.165, 1.54) is 24.4 Å². The Kier molecular flexibility index (Phi) is 4.48. The maximum atomic E-state index is 13.0. The van der Waals surface area contributed by atoms with E-state index in [9.17, 15) is 24.6 Å². The number of pyridine rings is 2. The summed E-state index contributed by atoms with van der Waals surface area (Å²) < 4.78 is 0.926. The molecule has 0 saturated carbocycles. The molecule has 3 heterocycles. The summed E-state index contributed by atoms with van der Waals surface area (Å²) in [5.41, 5.74) is -1.04. The molecule has 0 atom stereocenters. The van der Waals surface area contributed by atoms with E-state index >= 15 is 0 Å². The van der Waals surface area contributed by atoms with Crippen LogP contribution < -0.4 is 16.5 Å². The number of nitrogens with zero attached hydrogens (tertiary/aromatic N) is 2. The van der Waals surface area contributed by atoms with E-state index in [2.05, 4.69) is 15.1 Å². The van der Waals surface area contributed by atoms with Crippen molar-refractivity contribution < 1.29 is 10.2 Å². The van der Waals surface area contributed by atoms with Crippen LogP contribution >= 0.6 is 11.6 Å². The summed E-state index contributed by atoms with van der Waals surface area (Å²) in [7, 11) is 0. The Morgan fingerprint density at radius 2 is 2.00 bits per heavy atom. The van der Waals surface area contributed by atoms with E-state index in [1.54, 1.807) is 6.92 Å². The van der Waals surface area contributed by atoms with Crippen molar-refractivity contribution in [1.29, 1.82) is 0 Å². The largest absolute Gasteiger partial charge is 0.506 e. The van der Waals surface area contributed by atoms with Crippen LogP contribution in [0.25, 0.3) is 21.8 Å². The Morgan fingerprint density at radius 3 is 2.72 bits per heavy atom. The molecule has 0 saturated heterocycles. The van der Waals surface area contributed by atoms with Gasteiger partial charge in [-0.15, -0.1) is 0 Å². The second kappa shape index (κ2) is 6.87. The number of rotatable bonds is 3. The van der Waals surface area contributed by atoms with E-state index in [4.69, 9.17) is 11.6 Å². The molecule has 0 spiro atoms. The van der Waals surface area contributed by atoms with E-state index in [1.807, 2.05) is 0 Å². The number of aromatic nitrogens is 4. The first-order valence-corrected chi connectivity index (χ1v) is 8.95. The van der Waals surface area contributed by atoms with Gasteiger partial charge in [0.1, 0.15) is 16.7 Å². The van der Waals surface area contributed by atoms with E-state index in [-0.39, 0.29) is 34.1 Å². The van der Waals surface area contributed by atoms with E-state index < -0.39 is 23.2 Å². The van der Waals surface area contributed by atoms with Gasteiger partial charge in [0.05, 0.1) is 24.4 Å². The van der Waals surface area contributed by atoms with Crippen molar-refractivity contribution in [3.8, 4) is 5.75 Å². The maximum absolute atomic E-state index is 13.0. The van der Waals surface area contributed by atoms with Crippen LogP contribution in [0.4, 0.5) is 0 Å². The first-order valence-electron chi connectivity index (χ1n) is 8.57. The van der Waals surface area contributed by atoms with Gasteiger partial charge in [-0.1, -0.05) is 11.6 Å². The van der Waals surface area contributed by atoms with Gasteiger partial charge in [0.2, 0.25) is 5.43 Å². The number of hydrogen-bond acceptors (Lipinski definition) is 6. The van der Waals surface area contributed by atoms with Crippen molar-refractivity contribution in [2.24, 2.45) is 0 Å². The molecule has 0 unspecified atom stereocenters. The van der Waals surface area contributed by atoms with Crippen molar-refractivity contribution in [1.82, 2.24) is 19.7 Å². The molecule has 0 aliphatic rings. The van der Waals surface area contributed by atoms with Crippen LogP contribution in [0.3, 0.4) is 0 Å². The number of aliphatic hydroxyl groups excluding tert-OH is 1. The summed E-state index contributed by atoms with van der Waals surface area (Å²) >= 11 is 5.94. The molecule has 0 fully saturated rings. The van der Waals surface area contributed by atoms with E-state index in [0.717, 1.165) is 4.68 Å². The van der Waals surface area contributed by atoms with E-state index in [0.29, 0.717) is 21.8 Å². The van der Waals surface area contributed by atoms with Crippen LogP contribution in [0.15, 0.2) is 38.8 Å². The number of H-pyrrole nitrogens is 2. The first kappa shape index (κ1) is 18.9. The molecular formula is C19H15ClN4O5. The number of fused-ring (bicyclic) bond motifs is 2. The number of halogens is 1. The Hall–Kier alpha value is -3.43. The zero-order valence-electron chi connectivity index (χ0n) is 15.1. The predicted molar refractivity (Wildman–Crippen MR) is 108 cm³/mol. The van der Waals surface area contributed by atoms with Crippen LogP contribution in [-0.4, -0.2) is 30.0 Å². The molecule has 3 aromatic heterocycles. The van der Waals surface area contributed by atoms with Crippen LogP contribution in [0.1, 0.15) is 16.8 Å². The van der Waals surface area contributed by atoms with Gasteiger partial charge in [-0.05, 0) is 25.1 Å². The zero-order chi connectivity index (χ0) is 20.9. The Balaban J connectivity index is 2.02. The monoisotopic (exact) mass is 414 g/mol. The third-order valence-electron chi connectivity index (χ3n) is 4.80. The molecule has 148 valence electrons. The second-order valence-corrected chi connectivity index (χ2v) is 7.02. The number of hydrogen-bond donors (Lipinski definition) is 4. The number of aromatic amines is 2. The summed E-state index contributed by atoms with van der Waals surface area (Å²) in [5, 5.41) is 22.5. The van der Waals surface area contributed by atoms with Crippen molar-refractivity contribution >= 4 is 33.4 Å². The lowest BCUT2D eigenvalue weighted by Gasteiger charge is -2.13. The SMILES string of the molecule is Cc1ncc(CO)c(Cn2[nH]c(=O)c3[nH]c4cc(Cl)ccc4c(=O)c3c2=O)c1O. The van der Waals surface area contributed by atoms with Crippen molar-refractivity contribution in [2.45, 2.75) is 20.1 Å². The van der Waals surface area contributed by atoms with Crippen LogP contribution in [0.5, 0.6) is 5.75 Å². The van der Waals surface area contributed by atoms with Gasteiger partial charge in [-0.2, -0.15) is 0 Å². The highest BCUT2D eigenvalue weighted by Crippen LogP contribution is 2.24. The van der Waals surface area contributed by atoms with Gasteiger partial charge < -0.3 is 15.2 Å². The highest BCUT2D eigenvalue weighted by molar-refractivity contribution is 6.31. The highest BCUT2D eigenvalue weighted by atomic mass is 35.5. The molecule has 29 heavy (non-hydrogen) atoms. The predicted octanol–water partition coefficient (Wildman–Crippen LogP) is 1.13. The minimum absolute atomic E-state index is 0.163. The third kappa shape index (κ3) is 3.00. The molecule has 0 bridgehead atoms. The molecule has 9 nitrogen and oxygen atoms in total. The fourth-order valence-electron chi connectivity index (χ4n) is 3.27. The summed E-state index contributed by atoms with van der Waals surface area (Å²) in [6.07, 6.45) is 1.37. The number of aromatic hydroxyl groups is 1. The summed E-state index contributed by atoms with van der Waals surface area (Å²) in [4.78, 5) is 45.2. The molecule has 0 amide bonds. The molecular weight excluding hydrogens is 400 g/mol. The Bertz CT molecular complexity index is 1470. The van der Waals surface area contributed by atoms with Gasteiger partial charge in [-0.3, -0.25) is 24.5 Å². The zero-order valence-corrected chi connectivity index (χ0v) is 15.9. The molecule has 0 aliphatic carbocycles. The van der Waals surface area contributed by atoms with Crippen LogP contribution in [0.2, 0.25) is 5.02 Å². The maximum Gasteiger partial charge on any atom is 0.287 e. The quantitative estimate of drug-likeness (QED) is 0.370. The van der Waals surface area contributed by atoms with Gasteiger partial charge in [0.25, 0.3) is 11.1 Å². The van der Waals surface area contributed by atoms with Gasteiger partial charge >= 0.3 is 0 Å². The van der Waals surface area contributed by atoms with Gasteiger partial charge in [0.15, 0.2) is 0 Å². The molecule has 1 aromatic carbocycles. The third-order valence-corrected chi connectivity index (χ3v) is 5.04. The molecule has 0 radical (unpaired) electrons. The minimum Gasteiger partial charge on any atom is -0.506 e. The molecule has 4 aromatic rings. The lowest BCUT2D eigenvalue weighted by molar-refractivity contribution is 0.278. The van der Waals surface area contributed by atoms with Crippen LogP contribution in [-0.2, 0) is 13.2 Å². The second-order valence-electron chi connectivity index (χ2n) is 6.58. The van der Waals surface area contributed by atoms with Crippen molar-refractivity contribution in [3.05, 3.63) is 77.2 Å². The Labute approximate surface area is 166 Å². The van der Waals surface area contributed by atoms with Gasteiger partial charge in [0, 0.05) is 27.7 Å². The average Bonchev–Trinajstić information content (AvgIpc) is 2.69. The minimum atomic E-state index is -0.740. The number of nitrogens with one attached hydrogen (secondary N) is 2. The topological polar surface area (TPSA) is 141 Å². The normalized spacial score (nSPS) is 11.4. The number of aryl methyl sites for hydroxylation is 1. The fourth-order valence-corrected chi connectivity index (χ4v) is 3.44. The van der Waals surface area contributed by atoms with Crippen LogP contribution in [0, 0.1) is 6.92 Å². The molecule has 4 N–H and O–H groups in total. The average molecular weight is 415 g/mol. The molecule has 4 rings (SSSR count). The standard InChI is InChI=1S/C19H15ClN4O5/c1-8-16(26)12(9(7-25)5-21-8)6-24-19(29)14-15(18(28)23-24)22-13-4-10(20)2-3-11(13)17(14)27/h2-5,25-26H,6-7H2,1H3,(H,22,27)(H,23,28). The summed E-state index contributed by atoms with van der Waals surface area (Å²) in [6.45, 7) is 0.885. The fraction of sp³-hybridized carbons (Fsp3) is 0.158. The number of benzene rings is 1.